The summed E-state index contributed by atoms with van der Waals surface area (Å²) in [4.78, 5) is 23.0. The van der Waals surface area contributed by atoms with Gasteiger partial charge < -0.3 is 4.74 Å². The Morgan fingerprint density at radius 1 is 0.659 bits per heavy atom. The number of esters is 1. The number of hydrogen-bond donors (Lipinski definition) is 0. The highest BCUT2D eigenvalue weighted by Gasteiger charge is 2.95. The Labute approximate surface area is 220 Å². The molecule has 0 saturated carbocycles. The molecule has 234 valence electrons. The maximum Gasteiger partial charge on any atom is 0.460 e. The zero-order chi connectivity index (χ0) is 32.7. The topological polar surface area (TPSA) is 43.4 Å². The molecule has 0 aromatic heterocycles. The third-order valence-corrected chi connectivity index (χ3v) is 5.82. The largest absolute Gasteiger partial charge is 0.460 e. The van der Waals surface area contributed by atoms with Crippen molar-refractivity contribution >= 4 is 22.8 Å². The highest BCUT2D eigenvalue weighted by Crippen LogP contribution is 2.64. The molecule has 1 aromatic rings. The van der Waals surface area contributed by atoms with Gasteiger partial charge in [-0.25, -0.2) is 4.79 Å². The lowest BCUT2D eigenvalue weighted by Gasteiger charge is -2.42. The van der Waals surface area contributed by atoms with Crippen molar-refractivity contribution < 1.29 is 89.0 Å². The van der Waals surface area contributed by atoms with Crippen LogP contribution in [-0.4, -0.2) is 64.5 Å². The van der Waals surface area contributed by atoms with Gasteiger partial charge in [0.2, 0.25) is 5.12 Å². The van der Waals surface area contributed by atoms with E-state index < -0.39 is 76.5 Å². The first-order valence-electron chi connectivity index (χ1n) is 9.89. The van der Waals surface area contributed by atoms with E-state index in [9.17, 15) is 84.2 Å². The molecule has 21 heteroatoms. The fourth-order valence-electron chi connectivity index (χ4n) is 2.53. The number of hydrogen-bond acceptors (Lipinski definition) is 4. The van der Waals surface area contributed by atoms with Crippen molar-refractivity contribution in [3.8, 4) is 5.75 Å². The van der Waals surface area contributed by atoms with Crippen LogP contribution in [0.2, 0.25) is 0 Å². The van der Waals surface area contributed by atoms with E-state index in [0.29, 0.717) is 0 Å². The van der Waals surface area contributed by atoms with E-state index in [4.69, 9.17) is 0 Å². The second kappa shape index (κ2) is 11.2. The minimum Gasteiger partial charge on any atom is -0.423 e. The Morgan fingerprint density at radius 2 is 1.05 bits per heavy atom. The number of halogens is 17. The Morgan fingerprint density at radius 3 is 1.44 bits per heavy atom. The van der Waals surface area contributed by atoms with Crippen molar-refractivity contribution in [2.75, 3.05) is 5.75 Å². The monoisotopic (exact) mass is 654 g/mol. The van der Waals surface area contributed by atoms with E-state index in [1.165, 1.54) is 0 Å². The molecular weight excluding hydrogens is 643 g/mol. The molecule has 3 nitrogen and oxygen atoms in total. The zero-order valence-corrected chi connectivity index (χ0v) is 19.9. The molecule has 0 saturated heterocycles. The molecule has 0 radical (unpaired) electrons. The molecule has 0 fully saturated rings. The van der Waals surface area contributed by atoms with Crippen LogP contribution in [0.4, 0.5) is 74.6 Å². The van der Waals surface area contributed by atoms with Gasteiger partial charge in [0, 0.05) is 23.8 Å². The van der Waals surface area contributed by atoms with Crippen LogP contribution in [0.25, 0.3) is 0 Å². The Hall–Kier alpha value is -2.74. The standard InChI is InChI=1S/C20H11F17O3S/c1-2-11(38)40-10-5-3-9(4-6-10)12(39)41-8-7-13(21,22)14(23,24)15(25,26)16(27,28)17(29,30)18(31,32)19(33,34)20(35,36)37/h2-6H,1,7-8H2. The summed E-state index contributed by atoms with van der Waals surface area (Å²) in [5.74, 6) is -59.7. The quantitative estimate of drug-likeness (QED) is 0.0991. The average molecular weight is 654 g/mol. The van der Waals surface area contributed by atoms with Gasteiger partial charge in [0.25, 0.3) is 0 Å². The van der Waals surface area contributed by atoms with Crippen LogP contribution >= 0.6 is 11.8 Å². The van der Waals surface area contributed by atoms with E-state index in [0.717, 1.165) is 30.3 Å². The molecule has 0 aliphatic heterocycles. The van der Waals surface area contributed by atoms with Crippen LogP contribution in [0.3, 0.4) is 0 Å². The van der Waals surface area contributed by atoms with Crippen molar-refractivity contribution in [1.29, 1.82) is 0 Å². The van der Waals surface area contributed by atoms with Gasteiger partial charge in [-0.3, -0.25) is 4.79 Å². The van der Waals surface area contributed by atoms with Gasteiger partial charge in [0.15, 0.2) is 0 Å². The van der Waals surface area contributed by atoms with E-state index in [1.54, 1.807) is 0 Å². The summed E-state index contributed by atoms with van der Waals surface area (Å²) in [5, 5.41) is -1.29. The second-order valence-corrected chi connectivity index (χ2v) is 8.75. The van der Waals surface area contributed by atoms with Gasteiger partial charge in [-0.2, -0.15) is 74.6 Å². The molecular formula is C20H11F17O3S. The number of ether oxygens (including phenoxy) is 1. The molecule has 0 heterocycles. The van der Waals surface area contributed by atoms with Crippen molar-refractivity contribution in [2.24, 2.45) is 0 Å². The lowest BCUT2D eigenvalue weighted by molar-refractivity contribution is -0.461. The number of benzene rings is 1. The lowest BCUT2D eigenvalue weighted by atomic mass is 9.88. The lowest BCUT2D eigenvalue weighted by Crippen LogP contribution is -2.74. The molecule has 41 heavy (non-hydrogen) atoms. The third kappa shape index (κ3) is 6.08. The normalized spacial score (nSPS) is 14.6. The van der Waals surface area contributed by atoms with E-state index in [-0.39, 0.29) is 17.5 Å². The van der Waals surface area contributed by atoms with Gasteiger partial charge in [0.05, 0.1) is 0 Å². The summed E-state index contributed by atoms with van der Waals surface area (Å²) in [7, 11) is 0. The van der Waals surface area contributed by atoms with Crippen LogP contribution in [0.5, 0.6) is 5.75 Å². The summed E-state index contributed by atoms with van der Waals surface area (Å²) in [6, 6.07) is 3.61. The summed E-state index contributed by atoms with van der Waals surface area (Å²) < 4.78 is 230. The number of carbonyl (C=O) groups excluding carboxylic acids is 2. The van der Waals surface area contributed by atoms with Crippen LogP contribution in [-0.2, 0) is 4.79 Å². The predicted molar refractivity (Wildman–Crippen MR) is 104 cm³/mol. The van der Waals surface area contributed by atoms with Crippen LogP contribution in [0.15, 0.2) is 36.9 Å². The number of carbonyl (C=O) groups is 2. The number of thioether (sulfide) groups is 1. The van der Waals surface area contributed by atoms with Crippen LogP contribution < -0.4 is 4.74 Å². The molecule has 0 aliphatic rings. The van der Waals surface area contributed by atoms with Crippen molar-refractivity contribution in [1.82, 2.24) is 0 Å². The maximum atomic E-state index is 13.9. The second-order valence-electron chi connectivity index (χ2n) is 7.68. The van der Waals surface area contributed by atoms with Crippen LogP contribution in [0.1, 0.15) is 16.8 Å². The Balaban J connectivity index is 3.19. The minimum absolute atomic E-state index is 0.193. The maximum absolute atomic E-state index is 13.9. The molecule has 1 rings (SSSR count). The summed E-state index contributed by atoms with van der Waals surface area (Å²) in [6.45, 7) is 3.07. The first kappa shape index (κ1) is 36.3. The highest BCUT2D eigenvalue weighted by molar-refractivity contribution is 8.14. The summed E-state index contributed by atoms with van der Waals surface area (Å²) in [6.07, 6.45) is -9.83. The molecule has 0 amide bonds. The molecule has 0 aliphatic carbocycles. The fourth-order valence-corrected chi connectivity index (χ4v) is 3.37. The summed E-state index contributed by atoms with van der Waals surface area (Å²) >= 11 is -0.370. The van der Waals surface area contributed by atoms with E-state index in [1.807, 2.05) is 0 Å². The van der Waals surface area contributed by atoms with E-state index >= 15 is 0 Å². The first-order valence-corrected chi connectivity index (χ1v) is 10.9. The number of alkyl halides is 17. The predicted octanol–water partition coefficient (Wildman–Crippen LogP) is 8.05. The molecule has 0 atom stereocenters. The van der Waals surface area contributed by atoms with Crippen LogP contribution in [0, 0.1) is 0 Å². The Bertz CT molecular complexity index is 1130. The molecule has 1 aromatic carbocycles. The van der Waals surface area contributed by atoms with Gasteiger partial charge in [-0.05, 0) is 24.3 Å². The minimum atomic E-state index is -8.70. The van der Waals surface area contributed by atoms with Crippen molar-refractivity contribution in [3.05, 3.63) is 42.5 Å². The average Bonchev–Trinajstić information content (AvgIpc) is 2.82. The van der Waals surface area contributed by atoms with Crippen molar-refractivity contribution in [2.45, 2.75) is 54.1 Å². The highest BCUT2D eigenvalue weighted by atomic mass is 32.2. The van der Waals surface area contributed by atoms with E-state index in [2.05, 4.69) is 11.3 Å². The molecule has 0 N–H and O–H groups in total. The zero-order valence-electron chi connectivity index (χ0n) is 19.1. The van der Waals surface area contributed by atoms with Gasteiger partial charge in [0.1, 0.15) is 5.75 Å². The third-order valence-electron chi connectivity index (χ3n) is 4.91. The van der Waals surface area contributed by atoms with Gasteiger partial charge >= 0.3 is 53.6 Å². The van der Waals surface area contributed by atoms with Gasteiger partial charge in [-0.1, -0.05) is 18.3 Å². The molecule has 0 spiro atoms. The molecule has 0 bridgehead atoms. The smallest absolute Gasteiger partial charge is 0.423 e. The first-order chi connectivity index (χ1) is 18.1. The summed E-state index contributed by atoms with van der Waals surface area (Å²) in [5.41, 5.74) is -0.437. The SMILES string of the molecule is C=CC(=O)Oc1ccc(C(=O)SCCC(F)(F)C(F)(F)C(F)(F)C(F)(F)C(F)(F)C(F)(F)C(F)(F)C(F)(F)F)cc1. The van der Waals surface area contributed by atoms with Crippen molar-refractivity contribution in [3.63, 3.8) is 0 Å². The molecule has 0 unspecified atom stereocenters. The fraction of sp³-hybridized carbons (Fsp3) is 0.500. The number of rotatable bonds is 12. The Kier molecular flexibility index (Phi) is 9.88. The van der Waals surface area contributed by atoms with Gasteiger partial charge in [-0.15, -0.1) is 0 Å².